The molecule has 3 nitrogen and oxygen atoms in total. The average Bonchev–Trinajstić information content (AvgIpc) is 2.53. The number of phenols is 1. The highest BCUT2D eigenvalue weighted by molar-refractivity contribution is 5.76. The highest BCUT2D eigenvalue weighted by Gasteiger charge is 2.53. The summed E-state index contributed by atoms with van der Waals surface area (Å²) in [5.41, 5.74) is 1.22. The van der Waals surface area contributed by atoms with Crippen LogP contribution in [0.1, 0.15) is 57.4 Å². The topological polar surface area (TPSA) is 49.3 Å². The van der Waals surface area contributed by atoms with Crippen molar-refractivity contribution < 1.29 is 9.90 Å². The highest BCUT2D eigenvalue weighted by atomic mass is 16.3. The molecule has 4 aliphatic rings. The van der Waals surface area contributed by atoms with E-state index in [2.05, 4.69) is 12.2 Å². The molecule has 1 aromatic rings. The van der Waals surface area contributed by atoms with Gasteiger partial charge in [0.2, 0.25) is 5.91 Å². The van der Waals surface area contributed by atoms with Crippen molar-refractivity contribution in [2.75, 3.05) is 0 Å². The molecule has 0 aromatic heterocycles. The number of carbonyl (C=O) groups excluding carboxylic acids is 1. The molecule has 4 bridgehead atoms. The molecular weight excluding hydrogens is 298 g/mol. The van der Waals surface area contributed by atoms with E-state index >= 15 is 0 Å². The Balaban J connectivity index is 1.35. The number of aryl methyl sites for hydroxylation is 1. The first kappa shape index (κ1) is 16.0. The second-order valence-corrected chi connectivity index (χ2v) is 8.70. The lowest BCUT2D eigenvalue weighted by molar-refractivity contribution is -0.125. The molecule has 1 amide bonds. The van der Waals surface area contributed by atoms with Crippen molar-refractivity contribution in [1.29, 1.82) is 0 Å². The largest absolute Gasteiger partial charge is 0.508 e. The fourth-order valence-corrected chi connectivity index (χ4v) is 6.15. The summed E-state index contributed by atoms with van der Waals surface area (Å²) in [6, 6.07) is 7.58. The molecule has 0 heterocycles. The predicted molar refractivity (Wildman–Crippen MR) is 94.6 cm³/mol. The van der Waals surface area contributed by atoms with Gasteiger partial charge in [0.25, 0.3) is 0 Å². The molecule has 24 heavy (non-hydrogen) atoms. The first-order valence-corrected chi connectivity index (χ1v) is 9.60. The monoisotopic (exact) mass is 327 g/mol. The number of nitrogens with one attached hydrogen (secondary N) is 1. The van der Waals surface area contributed by atoms with Gasteiger partial charge in [-0.3, -0.25) is 4.79 Å². The van der Waals surface area contributed by atoms with Gasteiger partial charge in [-0.05, 0) is 86.7 Å². The van der Waals surface area contributed by atoms with Gasteiger partial charge < -0.3 is 10.4 Å². The van der Waals surface area contributed by atoms with Gasteiger partial charge in [0.05, 0.1) is 0 Å². The summed E-state index contributed by atoms with van der Waals surface area (Å²) in [7, 11) is 0. The van der Waals surface area contributed by atoms with Crippen molar-refractivity contribution in [2.24, 2.45) is 23.2 Å². The first-order valence-electron chi connectivity index (χ1n) is 9.60. The van der Waals surface area contributed by atoms with Gasteiger partial charge in [-0.2, -0.15) is 0 Å². The van der Waals surface area contributed by atoms with Crippen LogP contribution in [0, 0.1) is 23.2 Å². The molecule has 0 saturated heterocycles. The normalized spacial score (nSPS) is 35.0. The van der Waals surface area contributed by atoms with E-state index in [1.54, 1.807) is 6.07 Å². The van der Waals surface area contributed by atoms with Crippen molar-refractivity contribution >= 4 is 5.91 Å². The summed E-state index contributed by atoms with van der Waals surface area (Å²) in [6.45, 7) is 2.23. The van der Waals surface area contributed by atoms with Gasteiger partial charge >= 0.3 is 0 Å². The summed E-state index contributed by atoms with van der Waals surface area (Å²) in [5, 5.41) is 13.1. The third-order valence-corrected chi connectivity index (χ3v) is 6.99. The zero-order valence-electron chi connectivity index (χ0n) is 14.6. The summed E-state index contributed by atoms with van der Waals surface area (Å²) in [4.78, 5) is 12.4. The molecule has 0 unspecified atom stereocenters. The van der Waals surface area contributed by atoms with Crippen LogP contribution in [-0.4, -0.2) is 17.1 Å². The molecule has 130 valence electrons. The van der Waals surface area contributed by atoms with Crippen molar-refractivity contribution in [3.8, 4) is 5.75 Å². The van der Waals surface area contributed by atoms with Gasteiger partial charge in [-0.25, -0.2) is 0 Å². The predicted octanol–water partition coefficient (Wildman–Crippen LogP) is 4.05. The van der Waals surface area contributed by atoms with Crippen LogP contribution in [0.25, 0.3) is 0 Å². The van der Waals surface area contributed by atoms with Gasteiger partial charge in [0.15, 0.2) is 0 Å². The van der Waals surface area contributed by atoms with Crippen LogP contribution in [0.2, 0.25) is 0 Å². The van der Waals surface area contributed by atoms with E-state index in [-0.39, 0.29) is 11.9 Å². The highest BCUT2D eigenvalue weighted by Crippen LogP contribution is 2.61. The lowest BCUT2D eigenvalue weighted by atomic mass is 9.48. The molecule has 4 fully saturated rings. The quantitative estimate of drug-likeness (QED) is 0.857. The van der Waals surface area contributed by atoms with Crippen molar-refractivity contribution in [1.82, 2.24) is 5.32 Å². The van der Waals surface area contributed by atoms with Crippen LogP contribution in [0.15, 0.2) is 24.3 Å². The van der Waals surface area contributed by atoms with Crippen LogP contribution in [0.5, 0.6) is 5.75 Å². The van der Waals surface area contributed by atoms with E-state index in [1.807, 2.05) is 18.2 Å². The molecular formula is C21H29NO2. The van der Waals surface area contributed by atoms with E-state index in [9.17, 15) is 9.90 Å². The number of para-hydroxylation sites is 1. The van der Waals surface area contributed by atoms with Gasteiger partial charge in [-0.15, -0.1) is 0 Å². The van der Waals surface area contributed by atoms with Crippen LogP contribution in [0.4, 0.5) is 0 Å². The van der Waals surface area contributed by atoms with Gasteiger partial charge in [0.1, 0.15) is 5.75 Å². The lowest BCUT2D eigenvalue weighted by Crippen LogP contribution is -2.55. The van der Waals surface area contributed by atoms with E-state index in [0.29, 0.717) is 24.0 Å². The maximum atomic E-state index is 12.4. The minimum absolute atomic E-state index is 0.126. The van der Waals surface area contributed by atoms with Crippen LogP contribution in [-0.2, 0) is 11.2 Å². The Kier molecular flexibility index (Phi) is 4.06. The fraction of sp³-hybridized carbons (Fsp3) is 0.667. The fourth-order valence-electron chi connectivity index (χ4n) is 6.15. The second-order valence-electron chi connectivity index (χ2n) is 8.70. The third-order valence-electron chi connectivity index (χ3n) is 6.99. The zero-order chi connectivity index (χ0) is 16.7. The van der Waals surface area contributed by atoms with Crippen LogP contribution in [0.3, 0.4) is 0 Å². The molecule has 5 rings (SSSR count). The van der Waals surface area contributed by atoms with Crippen molar-refractivity contribution in [3.63, 3.8) is 0 Å². The number of hydrogen-bond acceptors (Lipinski definition) is 2. The molecule has 0 spiro atoms. The Bertz CT molecular complexity index is 589. The SMILES string of the molecule is C[C@@H](NC(=O)CCc1ccccc1O)C12CC3CC(CC(C3)C1)C2. The number of hydrogen-bond donors (Lipinski definition) is 2. The molecule has 0 aliphatic heterocycles. The van der Waals surface area contributed by atoms with Gasteiger partial charge in [-0.1, -0.05) is 18.2 Å². The summed E-state index contributed by atoms with van der Waals surface area (Å²) < 4.78 is 0. The molecule has 1 atom stereocenters. The van der Waals surface area contributed by atoms with Crippen LogP contribution < -0.4 is 5.32 Å². The molecule has 4 saturated carbocycles. The molecule has 2 N–H and O–H groups in total. The number of amides is 1. The number of aromatic hydroxyl groups is 1. The Labute approximate surface area is 144 Å². The maximum absolute atomic E-state index is 12.4. The summed E-state index contributed by atoms with van der Waals surface area (Å²) in [6.07, 6.45) is 9.33. The van der Waals surface area contributed by atoms with Crippen LogP contribution >= 0.6 is 0 Å². The molecule has 0 radical (unpaired) electrons. The number of rotatable bonds is 5. The Morgan fingerprint density at radius 3 is 2.33 bits per heavy atom. The second kappa shape index (κ2) is 6.09. The van der Waals surface area contributed by atoms with Crippen molar-refractivity contribution in [3.05, 3.63) is 29.8 Å². The third kappa shape index (κ3) is 2.94. The number of carbonyl (C=O) groups is 1. The first-order chi connectivity index (χ1) is 11.5. The van der Waals surface area contributed by atoms with Crippen molar-refractivity contribution in [2.45, 2.75) is 64.3 Å². The number of benzene rings is 1. The summed E-state index contributed by atoms with van der Waals surface area (Å²) >= 11 is 0. The zero-order valence-corrected chi connectivity index (χ0v) is 14.6. The maximum Gasteiger partial charge on any atom is 0.220 e. The smallest absolute Gasteiger partial charge is 0.220 e. The molecule has 3 heteroatoms. The lowest BCUT2D eigenvalue weighted by Gasteiger charge is -2.59. The Morgan fingerprint density at radius 2 is 1.75 bits per heavy atom. The minimum Gasteiger partial charge on any atom is -0.508 e. The summed E-state index contributed by atoms with van der Waals surface area (Å²) in [5.74, 6) is 3.16. The van der Waals surface area contributed by atoms with E-state index < -0.39 is 0 Å². The molecule has 4 aliphatic carbocycles. The molecule has 1 aromatic carbocycles. The van der Waals surface area contributed by atoms with E-state index in [4.69, 9.17) is 0 Å². The van der Waals surface area contributed by atoms with E-state index in [1.165, 1.54) is 38.5 Å². The average molecular weight is 327 g/mol. The number of phenolic OH excluding ortho intramolecular Hbond substituents is 1. The van der Waals surface area contributed by atoms with Gasteiger partial charge in [0, 0.05) is 12.5 Å². The standard InChI is InChI=1S/C21H29NO2/c1-14(21-11-15-8-16(12-21)10-17(9-15)13-21)22-20(24)7-6-18-4-2-3-5-19(18)23/h2-5,14-17,23H,6-13H2,1H3,(H,22,24)/t14-,15?,16?,17?,21?/m1/s1. The Morgan fingerprint density at radius 1 is 1.17 bits per heavy atom. The van der Waals surface area contributed by atoms with E-state index in [0.717, 1.165) is 23.3 Å². The minimum atomic E-state index is 0.126. The Hall–Kier alpha value is -1.51.